The average molecular weight is 673 g/mol. The van der Waals surface area contributed by atoms with Crippen molar-refractivity contribution in [2.45, 2.75) is 63.7 Å². The van der Waals surface area contributed by atoms with Crippen molar-refractivity contribution in [1.82, 2.24) is 19.2 Å². The number of sulfonamides is 1. The summed E-state index contributed by atoms with van der Waals surface area (Å²) in [5, 5.41) is 0.260. The van der Waals surface area contributed by atoms with Crippen LogP contribution in [0.3, 0.4) is 0 Å². The minimum absolute atomic E-state index is 0.219. The number of carbonyl (C=O) groups excluding carboxylic acids is 2. The molecular weight excluding hydrogens is 632 g/mol. The van der Waals surface area contributed by atoms with Crippen molar-refractivity contribution in [2.24, 2.45) is 0 Å². The van der Waals surface area contributed by atoms with Gasteiger partial charge in [0.25, 0.3) is 11.8 Å². The first-order valence-electron chi connectivity index (χ1n) is 16.6. The summed E-state index contributed by atoms with van der Waals surface area (Å²) in [4.78, 5) is 33.2. The van der Waals surface area contributed by atoms with Crippen LogP contribution in [0.15, 0.2) is 47.2 Å². The Morgan fingerprint density at radius 2 is 1.81 bits per heavy atom. The lowest BCUT2D eigenvalue weighted by atomic mass is 9.81. The van der Waals surface area contributed by atoms with Crippen LogP contribution in [-0.2, 0) is 21.3 Å². The highest BCUT2D eigenvalue weighted by Crippen LogP contribution is 2.48. The first-order valence-corrected chi connectivity index (χ1v) is 18.1. The maximum absolute atomic E-state index is 13.7. The molecule has 0 atom stereocenters. The van der Waals surface area contributed by atoms with E-state index in [1.807, 2.05) is 24.3 Å². The van der Waals surface area contributed by atoms with Crippen LogP contribution in [0.1, 0.15) is 89.6 Å². The number of hydrogen-bond donors (Lipinski definition) is 1. The van der Waals surface area contributed by atoms with E-state index >= 15 is 0 Å². The Hall–Kier alpha value is -4.42. The number of hydrogen-bond acceptors (Lipinski definition) is 8. The van der Waals surface area contributed by atoms with Gasteiger partial charge in [0.2, 0.25) is 10.0 Å². The van der Waals surface area contributed by atoms with Gasteiger partial charge in [0.05, 0.1) is 37.8 Å². The second kappa shape index (κ2) is 12.9. The number of ether oxygens (including phenoxy) is 2. The van der Waals surface area contributed by atoms with E-state index in [-0.39, 0.29) is 17.2 Å². The Balaban J connectivity index is 1.43. The van der Waals surface area contributed by atoms with Crippen LogP contribution in [0, 0.1) is 0 Å². The van der Waals surface area contributed by atoms with Crippen molar-refractivity contribution in [3.8, 4) is 17.0 Å². The lowest BCUT2D eigenvalue weighted by molar-refractivity contribution is 0.0298. The summed E-state index contributed by atoms with van der Waals surface area (Å²) >= 11 is 0. The highest BCUT2D eigenvalue weighted by Gasteiger charge is 2.33. The van der Waals surface area contributed by atoms with E-state index in [4.69, 9.17) is 13.9 Å². The Kier molecular flexibility index (Phi) is 8.63. The first-order chi connectivity index (χ1) is 23.2. The van der Waals surface area contributed by atoms with Crippen molar-refractivity contribution in [1.29, 1.82) is 0 Å². The molecule has 1 N–H and O–H groups in total. The molecule has 7 rings (SSSR count). The van der Waals surface area contributed by atoms with Gasteiger partial charge >= 0.3 is 0 Å². The number of methoxy groups -OCH3 is 1. The molecule has 0 bridgehead atoms. The molecule has 2 amide bonds. The molecule has 2 aliphatic heterocycles. The molecule has 252 valence electrons. The predicted octanol–water partition coefficient (Wildman–Crippen LogP) is 5.85. The molecule has 12 heteroatoms. The fourth-order valence-electron chi connectivity index (χ4n) is 7.17. The minimum Gasteiger partial charge on any atom is -0.497 e. The largest absolute Gasteiger partial charge is 0.497 e. The van der Waals surface area contributed by atoms with Crippen LogP contribution in [0.5, 0.6) is 5.75 Å². The number of morpholine rings is 1. The van der Waals surface area contributed by atoms with Crippen molar-refractivity contribution in [3.05, 3.63) is 70.9 Å². The molecule has 0 spiro atoms. The van der Waals surface area contributed by atoms with Crippen LogP contribution in [0.25, 0.3) is 33.8 Å². The molecule has 2 fully saturated rings. The van der Waals surface area contributed by atoms with Crippen LogP contribution in [-0.4, -0.2) is 73.3 Å². The Morgan fingerprint density at radius 3 is 2.54 bits per heavy atom. The van der Waals surface area contributed by atoms with Gasteiger partial charge in [0, 0.05) is 40.7 Å². The molecule has 1 saturated carbocycles. The Bertz CT molecular complexity index is 2030. The molecule has 0 unspecified atom stereocenters. The molecule has 2 aromatic heterocycles. The van der Waals surface area contributed by atoms with Crippen molar-refractivity contribution in [2.75, 3.05) is 33.4 Å². The first kappa shape index (κ1) is 32.1. The quantitative estimate of drug-likeness (QED) is 0.259. The molecule has 1 aliphatic carbocycles. The van der Waals surface area contributed by atoms with Crippen LogP contribution in [0.4, 0.5) is 0 Å². The van der Waals surface area contributed by atoms with Crippen molar-refractivity contribution in [3.63, 3.8) is 0 Å². The van der Waals surface area contributed by atoms with E-state index in [9.17, 15) is 18.0 Å². The summed E-state index contributed by atoms with van der Waals surface area (Å²) in [6, 6.07) is 11.4. The fraction of sp³-hybridized carbons (Fsp3) is 0.417. The Labute approximate surface area is 280 Å². The summed E-state index contributed by atoms with van der Waals surface area (Å²) in [6.07, 6.45) is 8.90. The van der Waals surface area contributed by atoms with Gasteiger partial charge in [-0.25, -0.2) is 18.1 Å². The second-order valence-electron chi connectivity index (χ2n) is 13.0. The van der Waals surface area contributed by atoms with Crippen LogP contribution < -0.4 is 9.46 Å². The predicted molar refractivity (Wildman–Crippen MR) is 182 cm³/mol. The van der Waals surface area contributed by atoms with Gasteiger partial charge in [-0.3, -0.25) is 9.59 Å². The minimum atomic E-state index is -3.83. The van der Waals surface area contributed by atoms with Gasteiger partial charge in [-0.1, -0.05) is 25.3 Å². The highest BCUT2D eigenvalue weighted by molar-refractivity contribution is 7.90. The molecule has 1 saturated heterocycles. The third-order valence-electron chi connectivity index (χ3n) is 9.77. The standard InChI is InChI=1S/C36H40N4O7S/c1-22(2)48(43,44)38-35(41)24-9-11-29-30(19-24)40-20-26(34-32(37-21-47-34)36(42)39-13-15-46-16-14-39)17-25-18-27(45-3)10-12-28(25)33(40)31(29)23-7-5-4-6-8-23/h9-12,17-19,21-23H,4-8,13-16,20H2,1-3H3,(H,38,41). The number of amides is 2. The van der Waals surface area contributed by atoms with E-state index < -0.39 is 21.2 Å². The highest BCUT2D eigenvalue weighted by atomic mass is 32.2. The van der Waals surface area contributed by atoms with E-state index in [0.717, 1.165) is 59.0 Å². The molecule has 48 heavy (non-hydrogen) atoms. The number of nitrogens with one attached hydrogen (secondary N) is 1. The maximum atomic E-state index is 13.7. The molecule has 2 aromatic carbocycles. The van der Waals surface area contributed by atoms with Crippen LogP contribution >= 0.6 is 0 Å². The summed E-state index contributed by atoms with van der Waals surface area (Å²) in [5.41, 5.74) is 6.18. The van der Waals surface area contributed by atoms with Gasteiger partial charge in [-0.05, 0) is 80.1 Å². The van der Waals surface area contributed by atoms with Gasteiger partial charge < -0.3 is 23.4 Å². The number of aromatic nitrogens is 2. The third kappa shape index (κ3) is 5.81. The van der Waals surface area contributed by atoms with Gasteiger partial charge in [-0.15, -0.1) is 0 Å². The molecular formula is C36H40N4O7S. The zero-order chi connectivity index (χ0) is 33.6. The fourth-order valence-corrected chi connectivity index (χ4v) is 7.78. The number of fused-ring (bicyclic) bond motifs is 5. The van der Waals surface area contributed by atoms with E-state index in [1.165, 1.54) is 32.2 Å². The smallest absolute Gasteiger partial charge is 0.276 e. The van der Waals surface area contributed by atoms with Gasteiger partial charge in [0.1, 0.15) is 5.75 Å². The molecule has 0 radical (unpaired) electrons. The van der Waals surface area contributed by atoms with Gasteiger partial charge in [0.15, 0.2) is 17.8 Å². The number of carbonyl (C=O) groups is 2. The lowest BCUT2D eigenvalue weighted by Gasteiger charge is -2.26. The third-order valence-corrected chi connectivity index (χ3v) is 11.5. The normalized spacial score (nSPS) is 17.1. The van der Waals surface area contributed by atoms with E-state index in [0.29, 0.717) is 50.3 Å². The molecule has 11 nitrogen and oxygen atoms in total. The number of rotatable bonds is 7. The zero-order valence-corrected chi connectivity index (χ0v) is 28.3. The average Bonchev–Trinajstić information content (AvgIpc) is 3.67. The van der Waals surface area contributed by atoms with Crippen molar-refractivity contribution < 1.29 is 31.9 Å². The Morgan fingerprint density at radius 1 is 1.04 bits per heavy atom. The summed E-state index contributed by atoms with van der Waals surface area (Å²) < 4.78 is 46.8. The summed E-state index contributed by atoms with van der Waals surface area (Å²) in [5.74, 6) is 0.484. The number of nitrogens with zero attached hydrogens (tertiary/aromatic N) is 3. The second-order valence-corrected chi connectivity index (χ2v) is 15.2. The summed E-state index contributed by atoms with van der Waals surface area (Å²) in [7, 11) is -2.20. The lowest BCUT2D eigenvalue weighted by Crippen LogP contribution is -2.41. The number of allylic oxidation sites excluding steroid dienone is 1. The SMILES string of the molecule is COc1ccc2c(c1)C=C(c1ocnc1C(=O)N1CCOCC1)Cn1c-2c(C2CCCCC2)c2ccc(C(=O)NS(=O)(=O)C(C)C)cc21. The van der Waals surface area contributed by atoms with Gasteiger partial charge in [-0.2, -0.15) is 0 Å². The van der Waals surface area contributed by atoms with Crippen LogP contribution in [0.2, 0.25) is 0 Å². The molecule has 3 aliphatic rings. The zero-order valence-electron chi connectivity index (χ0n) is 27.5. The summed E-state index contributed by atoms with van der Waals surface area (Å²) in [6.45, 7) is 5.26. The molecule has 4 heterocycles. The van der Waals surface area contributed by atoms with E-state index in [2.05, 4.69) is 20.3 Å². The number of benzene rings is 2. The topological polar surface area (TPSA) is 133 Å². The number of oxazole rings is 1. The van der Waals surface area contributed by atoms with Crippen molar-refractivity contribution >= 4 is 44.4 Å². The maximum Gasteiger partial charge on any atom is 0.276 e. The van der Waals surface area contributed by atoms with E-state index in [1.54, 1.807) is 24.1 Å². The monoisotopic (exact) mass is 672 g/mol. The molecule has 4 aromatic rings.